The van der Waals surface area contributed by atoms with Crippen LogP contribution in [-0.2, 0) is 0 Å². The minimum atomic E-state index is 0.525. The summed E-state index contributed by atoms with van der Waals surface area (Å²) >= 11 is 0. The third-order valence-electron chi connectivity index (χ3n) is 4.73. The van der Waals surface area contributed by atoms with Crippen molar-refractivity contribution >= 4 is 5.95 Å². The molecule has 0 saturated carbocycles. The molecule has 0 spiro atoms. The van der Waals surface area contributed by atoms with Crippen LogP contribution in [0.1, 0.15) is 18.4 Å². The molecule has 0 radical (unpaired) electrons. The highest BCUT2D eigenvalue weighted by atomic mass is 16.5. The molecule has 2 aromatic heterocycles. The van der Waals surface area contributed by atoms with Gasteiger partial charge in [0.05, 0.1) is 12.3 Å². The molecule has 0 bridgehead atoms. The monoisotopic (exact) mass is 350 g/mol. The molecule has 0 amide bonds. The van der Waals surface area contributed by atoms with Gasteiger partial charge in [0, 0.05) is 25.4 Å². The number of benzene rings is 1. The van der Waals surface area contributed by atoms with Crippen molar-refractivity contribution in [3.8, 4) is 11.6 Å². The van der Waals surface area contributed by atoms with Crippen molar-refractivity contribution in [3.63, 3.8) is 0 Å². The summed E-state index contributed by atoms with van der Waals surface area (Å²) in [6.07, 6.45) is 3.85. The largest absolute Gasteiger partial charge is 0.477 e. The van der Waals surface area contributed by atoms with Gasteiger partial charge in [-0.05, 0) is 54.3 Å². The number of aryl methyl sites for hydroxylation is 1. The van der Waals surface area contributed by atoms with Gasteiger partial charge in [0.2, 0.25) is 11.8 Å². The molecule has 1 aliphatic rings. The molecule has 0 atom stereocenters. The van der Waals surface area contributed by atoms with Crippen molar-refractivity contribution in [1.29, 1.82) is 0 Å². The summed E-state index contributed by atoms with van der Waals surface area (Å²) in [7, 11) is 0. The van der Waals surface area contributed by atoms with Gasteiger partial charge in [-0.15, -0.1) is 0 Å². The number of rotatable bonds is 5. The highest BCUT2D eigenvalue weighted by Gasteiger charge is 2.24. The molecule has 1 aliphatic heterocycles. The minimum absolute atomic E-state index is 0.525. The molecule has 26 heavy (non-hydrogen) atoms. The van der Waals surface area contributed by atoms with Crippen LogP contribution in [0.5, 0.6) is 5.88 Å². The van der Waals surface area contributed by atoms with Crippen molar-refractivity contribution in [2.75, 3.05) is 24.6 Å². The van der Waals surface area contributed by atoms with Crippen LogP contribution in [0.2, 0.25) is 0 Å². The second-order valence-corrected chi connectivity index (χ2v) is 6.64. The molecule has 0 aliphatic carbocycles. The summed E-state index contributed by atoms with van der Waals surface area (Å²) in [5.74, 6) is 2.02. The maximum Gasteiger partial charge on any atom is 0.250 e. The molecule has 4 rings (SSSR count). The van der Waals surface area contributed by atoms with Crippen LogP contribution in [0.25, 0.3) is 5.69 Å². The van der Waals surface area contributed by atoms with E-state index >= 15 is 0 Å². The summed E-state index contributed by atoms with van der Waals surface area (Å²) in [6, 6.07) is 14.0. The molecular formula is C19H22N6O. The molecule has 1 aromatic carbocycles. The normalized spacial score (nSPS) is 15.2. The number of aromatic nitrogens is 5. The fourth-order valence-corrected chi connectivity index (χ4v) is 3.17. The average molecular weight is 350 g/mol. The number of tetrazole rings is 1. The van der Waals surface area contributed by atoms with Gasteiger partial charge in [-0.3, -0.25) is 0 Å². The average Bonchev–Trinajstić information content (AvgIpc) is 3.18. The van der Waals surface area contributed by atoms with Crippen LogP contribution < -0.4 is 9.64 Å². The molecule has 3 aromatic rings. The van der Waals surface area contributed by atoms with E-state index in [0.29, 0.717) is 18.4 Å². The Morgan fingerprint density at radius 3 is 2.62 bits per heavy atom. The first kappa shape index (κ1) is 16.5. The Kier molecular flexibility index (Phi) is 4.77. The summed E-state index contributed by atoms with van der Waals surface area (Å²) in [5, 5.41) is 12.3. The van der Waals surface area contributed by atoms with Gasteiger partial charge in [-0.25, -0.2) is 4.98 Å². The lowest BCUT2D eigenvalue weighted by Gasteiger charge is -2.31. The zero-order valence-electron chi connectivity index (χ0n) is 14.8. The second kappa shape index (κ2) is 7.51. The predicted molar refractivity (Wildman–Crippen MR) is 98.6 cm³/mol. The maximum atomic E-state index is 5.80. The maximum absolute atomic E-state index is 5.80. The van der Waals surface area contributed by atoms with Crippen LogP contribution in [0.3, 0.4) is 0 Å². The van der Waals surface area contributed by atoms with Crippen molar-refractivity contribution in [1.82, 2.24) is 25.2 Å². The van der Waals surface area contributed by atoms with E-state index in [9.17, 15) is 0 Å². The Morgan fingerprint density at radius 1 is 1.08 bits per heavy atom. The quantitative estimate of drug-likeness (QED) is 0.705. The molecule has 7 heteroatoms. The van der Waals surface area contributed by atoms with E-state index in [2.05, 4.69) is 44.5 Å². The van der Waals surface area contributed by atoms with E-state index in [-0.39, 0.29) is 0 Å². The van der Waals surface area contributed by atoms with Gasteiger partial charge < -0.3 is 9.64 Å². The summed E-state index contributed by atoms with van der Waals surface area (Å²) < 4.78 is 7.61. The number of anilines is 1. The van der Waals surface area contributed by atoms with E-state index in [1.165, 1.54) is 5.56 Å². The van der Waals surface area contributed by atoms with E-state index in [0.717, 1.165) is 37.6 Å². The number of pyridine rings is 1. The SMILES string of the molecule is Cc1ccc(-n2nnnc2N2CCC(COc3ccccn3)CC2)cc1. The highest BCUT2D eigenvalue weighted by Crippen LogP contribution is 2.23. The number of hydrogen-bond donors (Lipinski definition) is 0. The van der Waals surface area contributed by atoms with Crippen molar-refractivity contribution < 1.29 is 4.74 Å². The molecule has 0 N–H and O–H groups in total. The fraction of sp³-hybridized carbons (Fsp3) is 0.368. The van der Waals surface area contributed by atoms with Crippen LogP contribution in [0, 0.1) is 12.8 Å². The Balaban J connectivity index is 1.37. The first-order valence-corrected chi connectivity index (χ1v) is 8.94. The van der Waals surface area contributed by atoms with Gasteiger partial charge in [0.1, 0.15) is 0 Å². The highest BCUT2D eigenvalue weighted by molar-refractivity contribution is 5.41. The Morgan fingerprint density at radius 2 is 1.88 bits per heavy atom. The van der Waals surface area contributed by atoms with E-state index in [4.69, 9.17) is 4.74 Å². The topological polar surface area (TPSA) is 69.0 Å². The third-order valence-corrected chi connectivity index (χ3v) is 4.73. The van der Waals surface area contributed by atoms with Crippen LogP contribution in [0.4, 0.5) is 5.95 Å². The smallest absolute Gasteiger partial charge is 0.250 e. The fourth-order valence-electron chi connectivity index (χ4n) is 3.17. The lowest BCUT2D eigenvalue weighted by molar-refractivity contribution is 0.215. The van der Waals surface area contributed by atoms with E-state index < -0.39 is 0 Å². The molecule has 7 nitrogen and oxygen atoms in total. The lowest BCUT2D eigenvalue weighted by atomic mass is 9.98. The zero-order chi connectivity index (χ0) is 17.8. The predicted octanol–water partition coefficient (Wildman–Crippen LogP) is 2.66. The van der Waals surface area contributed by atoms with Crippen LogP contribution >= 0.6 is 0 Å². The standard InChI is InChI=1S/C19H22N6O/c1-15-5-7-17(8-6-15)25-19(21-22-23-25)24-12-9-16(10-13-24)14-26-18-4-2-3-11-20-18/h2-8,11,16H,9-10,12-14H2,1H3. The van der Waals surface area contributed by atoms with Crippen molar-refractivity contribution in [2.24, 2.45) is 5.92 Å². The first-order valence-electron chi connectivity index (χ1n) is 8.94. The molecule has 1 fully saturated rings. The summed E-state index contributed by atoms with van der Waals surface area (Å²) in [5.41, 5.74) is 2.20. The molecule has 134 valence electrons. The van der Waals surface area contributed by atoms with Crippen molar-refractivity contribution in [3.05, 3.63) is 54.2 Å². The Labute approximate surface area is 152 Å². The van der Waals surface area contributed by atoms with Gasteiger partial charge >= 0.3 is 0 Å². The molecule has 1 saturated heterocycles. The van der Waals surface area contributed by atoms with Gasteiger partial charge in [0.25, 0.3) is 0 Å². The third kappa shape index (κ3) is 3.66. The molecule has 3 heterocycles. The van der Waals surface area contributed by atoms with Gasteiger partial charge in [0.15, 0.2) is 0 Å². The zero-order valence-corrected chi connectivity index (χ0v) is 14.8. The Bertz CT molecular complexity index is 825. The second-order valence-electron chi connectivity index (χ2n) is 6.64. The Hall–Kier alpha value is -2.96. The summed E-state index contributed by atoms with van der Waals surface area (Å²) in [6.45, 7) is 4.61. The first-order chi connectivity index (χ1) is 12.8. The van der Waals surface area contributed by atoms with Gasteiger partial charge in [-0.1, -0.05) is 28.9 Å². The number of piperidine rings is 1. The number of hydrogen-bond acceptors (Lipinski definition) is 6. The lowest BCUT2D eigenvalue weighted by Crippen LogP contribution is -2.37. The van der Waals surface area contributed by atoms with E-state index in [1.807, 2.05) is 35.0 Å². The van der Waals surface area contributed by atoms with Gasteiger partial charge in [-0.2, -0.15) is 4.68 Å². The number of nitrogens with zero attached hydrogens (tertiary/aromatic N) is 6. The molecule has 0 unspecified atom stereocenters. The minimum Gasteiger partial charge on any atom is -0.477 e. The summed E-state index contributed by atoms with van der Waals surface area (Å²) in [4.78, 5) is 6.45. The molecular weight excluding hydrogens is 328 g/mol. The van der Waals surface area contributed by atoms with Crippen LogP contribution in [-0.4, -0.2) is 44.9 Å². The van der Waals surface area contributed by atoms with Crippen LogP contribution in [0.15, 0.2) is 48.7 Å². The van der Waals surface area contributed by atoms with Crippen molar-refractivity contribution in [2.45, 2.75) is 19.8 Å². The van der Waals surface area contributed by atoms with E-state index in [1.54, 1.807) is 6.20 Å². The number of ether oxygens (including phenoxy) is 1.